The zero-order chi connectivity index (χ0) is 42.5. The van der Waals surface area contributed by atoms with Crippen LogP contribution in [0.25, 0.3) is 33.1 Å². The highest BCUT2D eigenvalue weighted by Gasteiger charge is 2.32. The summed E-state index contributed by atoms with van der Waals surface area (Å²) in [6.45, 7) is 4.00. The van der Waals surface area contributed by atoms with Crippen LogP contribution in [0.5, 0.6) is 5.75 Å². The number of piperidine rings is 1. The highest BCUT2D eigenvalue weighted by molar-refractivity contribution is 6.00. The second-order valence-corrected chi connectivity index (χ2v) is 16.2. The number of carbonyl (C=O) groups is 3. The number of nitrogens with zero attached hydrogens (tertiary/aromatic N) is 8. The third-order valence-electron chi connectivity index (χ3n) is 12.4. The van der Waals surface area contributed by atoms with Gasteiger partial charge in [-0.05, 0) is 73.4 Å². The Morgan fingerprint density at radius 2 is 1.64 bits per heavy atom. The number of nitrogens with one attached hydrogen (secondary N) is 2. The molecule has 3 aromatic heterocycles. The first-order valence-corrected chi connectivity index (χ1v) is 20.4. The van der Waals surface area contributed by atoms with Gasteiger partial charge in [-0.2, -0.15) is 9.49 Å². The number of benzene rings is 3. The first-order chi connectivity index (χ1) is 29.4. The molecule has 3 aliphatic rings. The highest BCUT2D eigenvalue weighted by Crippen LogP contribution is 2.34. The summed E-state index contributed by atoms with van der Waals surface area (Å²) in [6.07, 6.45) is 9.34. The van der Waals surface area contributed by atoms with Gasteiger partial charge in [-0.1, -0.05) is 18.2 Å². The van der Waals surface area contributed by atoms with Gasteiger partial charge in [-0.3, -0.25) is 38.4 Å². The van der Waals surface area contributed by atoms with E-state index in [1.807, 2.05) is 59.7 Å². The second-order valence-electron chi connectivity index (χ2n) is 16.2. The number of anilines is 1. The van der Waals surface area contributed by atoms with Gasteiger partial charge in [0.1, 0.15) is 6.04 Å². The largest absolute Gasteiger partial charge is 0.503 e. The first kappa shape index (κ1) is 39.9. The topological polar surface area (TPSA) is 173 Å². The maximum atomic E-state index is 14.1. The van der Waals surface area contributed by atoms with Crippen molar-refractivity contribution in [3.8, 4) is 16.9 Å². The van der Waals surface area contributed by atoms with Gasteiger partial charge in [0.05, 0.1) is 28.2 Å². The van der Waals surface area contributed by atoms with Crippen molar-refractivity contribution in [1.29, 1.82) is 0 Å². The van der Waals surface area contributed by atoms with Gasteiger partial charge < -0.3 is 15.3 Å². The normalized spacial score (nSPS) is 20.1. The Bertz CT molecular complexity index is 2750. The Kier molecular flexibility index (Phi) is 10.5. The number of hydrogen-bond donors (Lipinski definition) is 3. The van der Waals surface area contributed by atoms with Crippen LogP contribution >= 0.6 is 0 Å². The number of hydrogen-bond acceptors (Lipinski definition) is 10. The SMILES string of the molecule is Cn1c(=O)n(C2CCC(=O)NC2=O)c2ccc(CN3CCN(c4ncc(-c5ccc6cn(C7CCC(CNC(=O)c8cc(F)c(O)c(F)c8F)CC7)nc6c5)cn4)CC3)cc21. The third kappa shape index (κ3) is 7.71. The van der Waals surface area contributed by atoms with Crippen LogP contribution in [0, 0.1) is 23.4 Å². The van der Waals surface area contributed by atoms with Crippen molar-refractivity contribution in [3.63, 3.8) is 0 Å². The minimum atomic E-state index is -1.79. The van der Waals surface area contributed by atoms with Gasteiger partial charge in [0.25, 0.3) is 5.91 Å². The molecule has 2 aliphatic heterocycles. The summed E-state index contributed by atoms with van der Waals surface area (Å²) in [5.41, 5.74) is 4.04. The lowest BCUT2D eigenvalue weighted by Crippen LogP contribution is -2.46. The van der Waals surface area contributed by atoms with Crippen LogP contribution < -0.4 is 21.2 Å². The fraction of sp³-hybridized carbons (Fsp3) is 0.372. The number of aromatic nitrogens is 6. The van der Waals surface area contributed by atoms with Crippen LogP contribution in [0.2, 0.25) is 0 Å². The first-order valence-electron chi connectivity index (χ1n) is 20.4. The Morgan fingerprint density at radius 1 is 0.885 bits per heavy atom. The summed E-state index contributed by atoms with van der Waals surface area (Å²) in [4.78, 5) is 63.8. The molecule has 1 saturated carbocycles. The average molecular weight is 837 g/mol. The molecule has 18 heteroatoms. The number of piperazine rings is 1. The maximum Gasteiger partial charge on any atom is 0.329 e. The predicted molar refractivity (Wildman–Crippen MR) is 218 cm³/mol. The van der Waals surface area contributed by atoms with Crippen molar-refractivity contribution in [2.24, 2.45) is 13.0 Å². The molecule has 6 aromatic rings. The lowest BCUT2D eigenvalue weighted by molar-refractivity contribution is -0.135. The van der Waals surface area contributed by atoms with Crippen molar-refractivity contribution >= 4 is 45.6 Å². The van der Waals surface area contributed by atoms with Gasteiger partial charge in [0.15, 0.2) is 17.4 Å². The maximum absolute atomic E-state index is 14.1. The summed E-state index contributed by atoms with van der Waals surface area (Å²) in [5.74, 6) is -7.18. The zero-order valence-electron chi connectivity index (χ0n) is 33.3. The van der Waals surface area contributed by atoms with Crippen molar-refractivity contribution in [2.75, 3.05) is 37.6 Å². The molecule has 0 spiro atoms. The molecule has 5 heterocycles. The molecule has 2 saturated heterocycles. The molecule has 0 bridgehead atoms. The number of imide groups is 1. The number of imidazole rings is 1. The molecule has 3 fully saturated rings. The summed E-state index contributed by atoms with van der Waals surface area (Å²) < 4.78 is 46.6. The molecule has 3 amide bonds. The summed E-state index contributed by atoms with van der Waals surface area (Å²) in [6, 6.07) is 11.9. The Balaban J connectivity index is 0.773. The van der Waals surface area contributed by atoms with Crippen LogP contribution in [0.15, 0.2) is 65.8 Å². The van der Waals surface area contributed by atoms with Crippen LogP contribution in [0.3, 0.4) is 0 Å². The van der Waals surface area contributed by atoms with Crippen molar-refractivity contribution in [1.82, 2.24) is 44.4 Å². The van der Waals surface area contributed by atoms with Gasteiger partial charge >= 0.3 is 5.69 Å². The number of aromatic hydroxyl groups is 1. The second kappa shape index (κ2) is 16.1. The molecular weight excluding hydrogens is 794 g/mol. The number of halogens is 3. The Labute approximate surface area is 346 Å². The molecule has 1 aliphatic carbocycles. The van der Waals surface area contributed by atoms with Crippen LogP contribution in [0.1, 0.15) is 66.5 Å². The molecule has 0 radical (unpaired) electrons. The van der Waals surface area contributed by atoms with Crippen LogP contribution in [0.4, 0.5) is 19.1 Å². The van der Waals surface area contributed by atoms with E-state index in [1.54, 1.807) is 11.6 Å². The number of phenols is 1. The smallest absolute Gasteiger partial charge is 0.329 e. The fourth-order valence-electron chi connectivity index (χ4n) is 8.83. The molecule has 9 rings (SSSR count). The lowest BCUT2D eigenvalue weighted by atomic mass is 9.86. The van der Waals surface area contributed by atoms with E-state index in [4.69, 9.17) is 15.1 Å². The van der Waals surface area contributed by atoms with Crippen molar-refractivity contribution in [2.45, 2.75) is 57.2 Å². The van der Waals surface area contributed by atoms with E-state index in [2.05, 4.69) is 20.4 Å². The molecule has 1 atom stereocenters. The van der Waals surface area contributed by atoms with Crippen molar-refractivity contribution < 1.29 is 32.7 Å². The minimum Gasteiger partial charge on any atom is -0.503 e. The third-order valence-corrected chi connectivity index (χ3v) is 12.4. The standard InChI is InChI=1S/C43H43F3N10O5/c1-52-35-16-25(4-9-33(35)56(43(52)61)34-10-11-36(57)50-41(34)60)22-53-12-14-54(15-13-53)42-48-20-28(21-49-42)26-5-6-27-23-55(51-32(27)17-26)29-7-2-24(3-8-29)19-47-40(59)30-18-31(44)39(58)38(46)37(30)45/h4-6,9,16-18,20-21,23-24,29,34,58H,2-3,7-8,10-15,19,22H2,1H3,(H,47,59)(H,50,57,60). The number of phenolic OH excluding ortho intramolecular Hbond substituents is 1. The number of carbonyl (C=O) groups excluding carboxylic acids is 3. The monoisotopic (exact) mass is 836 g/mol. The van der Waals surface area contributed by atoms with Gasteiger partial charge in [-0.25, -0.2) is 23.5 Å². The van der Waals surface area contributed by atoms with E-state index in [-0.39, 0.29) is 36.5 Å². The van der Waals surface area contributed by atoms with Crippen LogP contribution in [-0.4, -0.2) is 89.3 Å². The zero-order valence-corrected chi connectivity index (χ0v) is 33.3. The number of amides is 3. The van der Waals surface area contributed by atoms with Gasteiger partial charge in [-0.15, -0.1) is 0 Å². The predicted octanol–water partition coefficient (Wildman–Crippen LogP) is 4.73. The quantitative estimate of drug-likeness (QED) is 0.137. The minimum absolute atomic E-state index is 0.105. The Morgan fingerprint density at radius 3 is 2.38 bits per heavy atom. The van der Waals surface area contributed by atoms with E-state index in [9.17, 15) is 37.5 Å². The van der Waals surface area contributed by atoms with E-state index in [1.165, 1.54) is 4.57 Å². The summed E-state index contributed by atoms with van der Waals surface area (Å²) in [7, 11) is 1.70. The average Bonchev–Trinajstić information content (AvgIpc) is 3.81. The van der Waals surface area contributed by atoms with Crippen molar-refractivity contribution in [3.05, 3.63) is 100 Å². The number of aryl methyl sites for hydroxylation is 1. The van der Waals surface area contributed by atoms with Gasteiger partial charge in [0.2, 0.25) is 23.6 Å². The van der Waals surface area contributed by atoms with E-state index >= 15 is 0 Å². The van der Waals surface area contributed by atoms with E-state index < -0.39 is 46.6 Å². The van der Waals surface area contributed by atoms with Gasteiger partial charge in [0, 0.05) is 82.3 Å². The molecule has 1 unspecified atom stereocenters. The molecular formula is C43H43F3N10O5. The summed E-state index contributed by atoms with van der Waals surface area (Å²) in [5, 5.41) is 20.1. The molecule has 61 heavy (non-hydrogen) atoms. The fourth-order valence-corrected chi connectivity index (χ4v) is 8.83. The van der Waals surface area contributed by atoms with E-state index in [0.717, 1.165) is 85.0 Å². The van der Waals surface area contributed by atoms with Crippen LogP contribution in [-0.2, 0) is 23.2 Å². The number of rotatable bonds is 9. The summed E-state index contributed by atoms with van der Waals surface area (Å²) >= 11 is 0. The molecule has 3 aromatic carbocycles. The highest BCUT2D eigenvalue weighted by atomic mass is 19.2. The molecule has 3 N–H and O–H groups in total. The molecule has 316 valence electrons. The Hall–Kier alpha value is -6.56. The molecule has 15 nitrogen and oxygen atoms in total. The number of fused-ring (bicyclic) bond motifs is 2. The van der Waals surface area contributed by atoms with E-state index in [0.29, 0.717) is 30.5 Å². The lowest BCUT2D eigenvalue weighted by Gasteiger charge is -2.34.